The highest BCUT2D eigenvalue weighted by atomic mass is 79.9. The van der Waals surface area contributed by atoms with Crippen molar-refractivity contribution in [2.24, 2.45) is 0 Å². The second-order valence-electron chi connectivity index (χ2n) is 5.65. The lowest BCUT2D eigenvalue weighted by molar-refractivity contribution is -0.117. The molecule has 1 saturated heterocycles. The summed E-state index contributed by atoms with van der Waals surface area (Å²) in [7, 11) is 0. The fourth-order valence-corrected chi connectivity index (χ4v) is 4.33. The topological polar surface area (TPSA) is 32.3 Å². The van der Waals surface area contributed by atoms with Gasteiger partial charge in [-0.05, 0) is 61.5 Å². The normalized spacial score (nSPS) is 18.5. The van der Waals surface area contributed by atoms with E-state index in [-0.39, 0.29) is 5.91 Å². The number of thiophene rings is 1. The third-order valence-electron chi connectivity index (χ3n) is 4.04. The van der Waals surface area contributed by atoms with Gasteiger partial charge in [0.25, 0.3) is 0 Å². The zero-order valence-electron chi connectivity index (χ0n) is 12.5. The maximum atomic E-state index is 12.4. The van der Waals surface area contributed by atoms with Crippen LogP contribution >= 0.6 is 27.3 Å². The lowest BCUT2D eigenvalue weighted by Crippen LogP contribution is -2.32. The predicted molar refractivity (Wildman–Crippen MR) is 95.4 cm³/mol. The van der Waals surface area contributed by atoms with Crippen LogP contribution in [0.2, 0.25) is 0 Å². The van der Waals surface area contributed by atoms with Crippen molar-refractivity contribution in [3.05, 3.63) is 50.6 Å². The van der Waals surface area contributed by atoms with Crippen LogP contribution in [-0.2, 0) is 4.79 Å². The maximum absolute atomic E-state index is 12.4. The molecule has 1 aromatic carbocycles. The molecule has 1 aromatic heterocycles. The molecule has 5 heteroatoms. The summed E-state index contributed by atoms with van der Waals surface area (Å²) in [6.45, 7) is 3.46. The van der Waals surface area contributed by atoms with Crippen molar-refractivity contribution in [1.29, 1.82) is 0 Å². The third-order valence-corrected chi connectivity index (χ3v) is 5.51. The van der Waals surface area contributed by atoms with Gasteiger partial charge in [-0.3, -0.25) is 9.69 Å². The Balaban J connectivity index is 1.64. The summed E-state index contributed by atoms with van der Waals surface area (Å²) >= 11 is 5.22. The molecule has 1 fully saturated rings. The van der Waals surface area contributed by atoms with Gasteiger partial charge in [0.05, 0.1) is 6.54 Å². The van der Waals surface area contributed by atoms with Gasteiger partial charge in [0.1, 0.15) is 0 Å². The summed E-state index contributed by atoms with van der Waals surface area (Å²) < 4.78 is 1.03. The average molecular weight is 379 g/mol. The summed E-state index contributed by atoms with van der Waals surface area (Å²) in [6.07, 6.45) is 2.30. The highest BCUT2D eigenvalue weighted by Gasteiger charge is 2.28. The summed E-state index contributed by atoms with van der Waals surface area (Å²) in [6, 6.07) is 10.6. The molecule has 1 N–H and O–H groups in total. The van der Waals surface area contributed by atoms with E-state index in [0.29, 0.717) is 12.6 Å². The van der Waals surface area contributed by atoms with Gasteiger partial charge in [0.2, 0.25) is 5.91 Å². The molecule has 0 spiro atoms. The number of nitrogens with one attached hydrogen (secondary N) is 1. The predicted octanol–water partition coefficient (Wildman–Crippen LogP) is 4.59. The number of aryl methyl sites for hydroxylation is 1. The van der Waals surface area contributed by atoms with Gasteiger partial charge in [-0.1, -0.05) is 22.0 Å². The summed E-state index contributed by atoms with van der Waals surface area (Å²) in [5.41, 5.74) is 1.96. The van der Waals surface area contributed by atoms with Crippen LogP contribution in [0.3, 0.4) is 0 Å². The molecule has 1 aliphatic rings. The number of benzene rings is 1. The van der Waals surface area contributed by atoms with Crippen LogP contribution in [0.15, 0.2) is 40.2 Å². The first-order chi connectivity index (χ1) is 10.6. The van der Waals surface area contributed by atoms with E-state index >= 15 is 0 Å². The molecule has 116 valence electrons. The number of hydrogen-bond acceptors (Lipinski definition) is 3. The first kappa shape index (κ1) is 15.7. The van der Waals surface area contributed by atoms with Gasteiger partial charge >= 0.3 is 0 Å². The average Bonchev–Trinajstić information content (AvgIpc) is 3.12. The monoisotopic (exact) mass is 378 g/mol. The number of anilines is 1. The van der Waals surface area contributed by atoms with Crippen LogP contribution in [0.25, 0.3) is 0 Å². The minimum absolute atomic E-state index is 0.0638. The van der Waals surface area contributed by atoms with Crippen LogP contribution in [0.1, 0.15) is 29.3 Å². The molecule has 1 atom stereocenters. The Labute approximate surface area is 143 Å². The standard InChI is InChI=1S/C17H19BrN2OS/c1-12-10-13(18)6-7-14(12)19-17(21)11-20-8-2-4-15(20)16-5-3-9-22-16/h3,5-7,9-10,15H,2,4,8,11H2,1H3,(H,19,21)/t15-/m1/s1. The Hall–Kier alpha value is -1.17. The molecule has 1 aliphatic heterocycles. The molecule has 0 aliphatic carbocycles. The first-order valence-corrected chi connectivity index (χ1v) is 9.14. The van der Waals surface area contributed by atoms with Crippen molar-refractivity contribution >= 4 is 38.9 Å². The van der Waals surface area contributed by atoms with Crippen molar-refractivity contribution in [2.75, 3.05) is 18.4 Å². The van der Waals surface area contributed by atoms with Crippen LogP contribution in [0.5, 0.6) is 0 Å². The number of likely N-dealkylation sites (tertiary alicyclic amines) is 1. The molecule has 22 heavy (non-hydrogen) atoms. The zero-order valence-corrected chi connectivity index (χ0v) is 14.9. The smallest absolute Gasteiger partial charge is 0.238 e. The van der Waals surface area contributed by atoms with Crippen molar-refractivity contribution in [2.45, 2.75) is 25.8 Å². The number of rotatable bonds is 4. The summed E-state index contributed by atoms with van der Waals surface area (Å²) in [5, 5.41) is 5.14. The molecule has 0 bridgehead atoms. The molecule has 0 unspecified atom stereocenters. The van der Waals surface area contributed by atoms with Crippen LogP contribution in [0, 0.1) is 6.92 Å². The van der Waals surface area contributed by atoms with Crippen molar-refractivity contribution < 1.29 is 4.79 Å². The summed E-state index contributed by atoms with van der Waals surface area (Å²) in [4.78, 5) is 16.0. The SMILES string of the molecule is Cc1cc(Br)ccc1NC(=O)CN1CCC[C@@H]1c1cccs1. The van der Waals surface area contributed by atoms with Crippen LogP contribution < -0.4 is 5.32 Å². The lowest BCUT2D eigenvalue weighted by atomic mass is 10.2. The largest absolute Gasteiger partial charge is 0.325 e. The highest BCUT2D eigenvalue weighted by Crippen LogP contribution is 2.34. The molecule has 2 aromatic rings. The molecule has 2 heterocycles. The molecular formula is C17H19BrN2OS. The number of carbonyl (C=O) groups is 1. The molecule has 3 rings (SSSR count). The van der Waals surface area contributed by atoms with E-state index in [1.54, 1.807) is 11.3 Å². The number of hydrogen-bond donors (Lipinski definition) is 1. The Kier molecular flexibility index (Phi) is 4.96. The van der Waals surface area contributed by atoms with E-state index in [1.807, 2.05) is 25.1 Å². The molecule has 3 nitrogen and oxygen atoms in total. The van der Waals surface area contributed by atoms with E-state index in [9.17, 15) is 4.79 Å². The number of amides is 1. The molecule has 0 saturated carbocycles. The van der Waals surface area contributed by atoms with Crippen LogP contribution in [0.4, 0.5) is 5.69 Å². The lowest BCUT2D eigenvalue weighted by Gasteiger charge is -2.23. The Morgan fingerprint density at radius 2 is 2.32 bits per heavy atom. The van der Waals surface area contributed by atoms with E-state index < -0.39 is 0 Å². The van der Waals surface area contributed by atoms with Crippen LogP contribution in [-0.4, -0.2) is 23.9 Å². The van der Waals surface area contributed by atoms with Gasteiger partial charge in [0, 0.05) is 21.1 Å². The molecule has 0 radical (unpaired) electrons. The first-order valence-electron chi connectivity index (χ1n) is 7.47. The van der Waals surface area contributed by atoms with Crippen molar-refractivity contribution in [1.82, 2.24) is 4.90 Å². The number of halogens is 1. The minimum Gasteiger partial charge on any atom is -0.325 e. The van der Waals surface area contributed by atoms with Gasteiger partial charge in [-0.15, -0.1) is 11.3 Å². The second kappa shape index (κ2) is 6.94. The Bertz CT molecular complexity index is 657. The number of nitrogens with zero attached hydrogens (tertiary/aromatic N) is 1. The van der Waals surface area contributed by atoms with Crippen molar-refractivity contribution in [3.63, 3.8) is 0 Å². The third kappa shape index (κ3) is 3.59. The van der Waals surface area contributed by atoms with Gasteiger partial charge in [-0.25, -0.2) is 0 Å². The van der Waals surface area contributed by atoms with Gasteiger partial charge < -0.3 is 5.32 Å². The molecular weight excluding hydrogens is 360 g/mol. The number of carbonyl (C=O) groups excluding carboxylic acids is 1. The van der Waals surface area contributed by atoms with Gasteiger partial charge in [-0.2, -0.15) is 0 Å². The van der Waals surface area contributed by atoms with E-state index in [4.69, 9.17) is 0 Å². The minimum atomic E-state index is 0.0638. The maximum Gasteiger partial charge on any atom is 0.238 e. The van der Waals surface area contributed by atoms with E-state index in [0.717, 1.165) is 35.1 Å². The Morgan fingerprint density at radius 1 is 1.45 bits per heavy atom. The highest BCUT2D eigenvalue weighted by molar-refractivity contribution is 9.10. The summed E-state index contributed by atoms with van der Waals surface area (Å²) in [5.74, 6) is 0.0638. The van der Waals surface area contributed by atoms with E-state index in [1.165, 1.54) is 4.88 Å². The Morgan fingerprint density at radius 3 is 3.05 bits per heavy atom. The second-order valence-corrected chi connectivity index (χ2v) is 7.55. The molecule has 1 amide bonds. The zero-order chi connectivity index (χ0) is 15.5. The van der Waals surface area contributed by atoms with Gasteiger partial charge in [0.15, 0.2) is 0 Å². The van der Waals surface area contributed by atoms with Crippen molar-refractivity contribution in [3.8, 4) is 0 Å². The fraction of sp³-hybridized carbons (Fsp3) is 0.353. The van der Waals surface area contributed by atoms with E-state index in [2.05, 4.69) is 43.7 Å². The quantitative estimate of drug-likeness (QED) is 0.843. The fourth-order valence-electron chi connectivity index (χ4n) is 2.96.